The quantitative estimate of drug-likeness (QED) is 0.876. The summed E-state index contributed by atoms with van der Waals surface area (Å²) in [6.07, 6.45) is 5.47. The van der Waals surface area contributed by atoms with Crippen LogP contribution in [-0.4, -0.2) is 41.6 Å². The lowest BCUT2D eigenvalue weighted by atomic mass is 10.0. The highest BCUT2D eigenvalue weighted by Gasteiger charge is 2.53. The lowest BCUT2D eigenvalue weighted by molar-refractivity contribution is 0.0821. The van der Waals surface area contributed by atoms with E-state index in [2.05, 4.69) is 15.5 Å². The van der Waals surface area contributed by atoms with Gasteiger partial charge in [0.05, 0.1) is 0 Å². The zero-order valence-electron chi connectivity index (χ0n) is 11.5. The second-order valence-corrected chi connectivity index (χ2v) is 5.99. The highest BCUT2D eigenvalue weighted by Crippen LogP contribution is 2.61. The molecular formula is C14H20N4O. The number of rotatable bonds is 5. The fourth-order valence-corrected chi connectivity index (χ4v) is 2.62. The van der Waals surface area contributed by atoms with Crippen molar-refractivity contribution in [2.45, 2.75) is 25.7 Å². The Morgan fingerprint density at radius 2 is 2.11 bits per heavy atom. The normalized spacial score (nSPS) is 19.9. The van der Waals surface area contributed by atoms with Crippen LogP contribution in [0.1, 0.15) is 36.2 Å². The third-order valence-electron chi connectivity index (χ3n) is 4.25. The first-order valence-electron chi connectivity index (χ1n) is 6.90. The van der Waals surface area contributed by atoms with E-state index in [-0.39, 0.29) is 5.91 Å². The lowest BCUT2D eigenvalue weighted by Crippen LogP contribution is -2.23. The molecule has 19 heavy (non-hydrogen) atoms. The molecule has 1 aromatic heterocycles. The maximum atomic E-state index is 11.7. The van der Waals surface area contributed by atoms with Gasteiger partial charge in [0.25, 0.3) is 5.91 Å². The third-order valence-corrected chi connectivity index (χ3v) is 4.25. The zero-order valence-corrected chi connectivity index (χ0v) is 11.5. The van der Waals surface area contributed by atoms with E-state index in [0.717, 1.165) is 18.3 Å². The third kappa shape index (κ3) is 2.55. The first-order chi connectivity index (χ1) is 9.11. The van der Waals surface area contributed by atoms with Gasteiger partial charge in [-0.15, -0.1) is 10.2 Å². The van der Waals surface area contributed by atoms with Crippen molar-refractivity contribution in [3.05, 3.63) is 17.8 Å². The van der Waals surface area contributed by atoms with Crippen LogP contribution in [0.5, 0.6) is 0 Å². The molecule has 1 aromatic rings. The topological polar surface area (TPSA) is 58.1 Å². The van der Waals surface area contributed by atoms with E-state index < -0.39 is 0 Å². The Labute approximate surface area is 113 Å². The highest BCUT2D eigenvalue weighted by molar-refractivity contribution is 5.91. The summed E-state index contributed by atoms with van der Waals surface area (Å²) in [6.45, 7) is 0.993. The summed E-state index contributed by atoms with van der Waals surface area (Å²) in [5, 5.41) is 11.4. The molecule has 0 radical (unpaired) electrons. The molecule has 5 heteroatoms. The summed E-state index contributed by atoms with van der Waals surface area (Å²) in [5.41, 5.74) is 0.929. The number of hydrogen-bond acceptors (Lipinski definition) is 4. The van der Waals surface area contributed by atoms with Crippen LogP contribution in [0, 0.1) is 11.3 Å². The summed E-state index contributed by atoms with van der Waals surface area (Å²) in [6, 6.07) is 3.57. The summed E-state index contributed by atoms with van der Waals surface area (Å²) in [4.78, 5) is 13.2. The van der Waals surface area contributed by atoms with Gasteiger partial charge in [-0.05, 0) is 49.1 Å². The Kier molecular flexibility index (Phi) is 2.92. The van der Waals surface area contributed by atoms with Gasteiger partial charge in [0.1, 0.15) is 5.82 Å². The second kappa shape index (κ2) is 4.47. The van der Waals surface area contributed by atoms with Gasteiger partial charge >= 0.3 is 0 Å². The summed E-state index contributed by atoms with van der Waals surface area (Å²) in [7, 11) is 3.42. The molecule has 2 aliphatic rings. The van der Waals surface area contributed by atoms with Crippen LogP contribution >= 0.6 is 0 Å². The van der Waals surface area contributed by atoms with Crippen molar-refractivity contribution < 1.29 is 4.79 Å². The van der Waals surface area contributed by atoms with E-state index in [0.29, 0.717) is 11.1 Å². The molecule has 0 atom stereocenters. The first kappa shape index (κ1) is 12.4. The van der Waals surface area contributed by atoms with Crippen molar-refractivity contribution in [2.75, 3.05) is 26.0 Å². The molecule has 1 amide bonds. The van der Waals surface area contributed by atoms with E-state index in [1.54, 1.807) is 20.2 Å². The van der Waals surface area contributed by atoms with Crippen LogP contribution in [-0.2, 0) is 0 Å². The van der Waals surface area contributed by atoms with Crippen molar-refractivity contribution in [1.82, 2.24) is 15.1 Å². The molecule has 0 aliphatic heterocycles. The van der Waals surface area contributed by atoms with E-state index in [9.17, 15) is 4.79 Å². The molecule has 0 spiro atoms. The molecule has 1 N–H and O–H groups in total. The number of nitrogens with one attached hydrogen (secondary N) is 1. The minimum absolute atomic E-state index is 0.115. The van der Waals surface area contributed by atoms with Crippen LogP contribution in [0.3, 0.4) is 0 Å². The zero-order chi connectivity index (χ0) is 13.5. The number of anilines is 1. The van der Waals surface area contributed by atoms with Crippen LogP contribution in [0.4, 0.5) is 5.82 Å². The summed E-state index contributed by atoms with van der Waals surface area (Å²) >= 11 is 0. The number of nitrogens with zero attached hydrogens (tertiary/aromatic N) is 3. The Morgan fingerprint density at radius 1 is 1.37 bits per heavy atom. The molecule has 0 aromatic carbocycles. The molecule has 3 rings (SSSR count). The van der Waals surface area contributed by atoms with Crippen LogP contribution in [0.2, 0.25) is 0 Å². The SMILES string of the molecule is CN(C)C(=O)c1ccc(NCC2(C3CC3)CC2)nn1. The largest absolute Gasteiger partial charge is 0.368 e. The molecule has 5 nitrogen and oxygen atoms in total. The fraction of sp³-hybridized carbons (Fsp3) is 0.643. The van der Waals surface area contributed by atoms with Gasteiger partial charge in [-0.25, -0.2) is 0 Å². The Balaban J connectivity index is 1.58. The number of hydrogen-bond donors (Lipinski definition) is 1. The monoisotopic (exact) mass is 260 g/mol. The lowest BCUT2D eigenvalue weighted by Gasteiger charge is -2.15. The second-order valence-electron chi connectivity index (χ2n) is 5.99. The average molecular weight is 260 g/mol. The van der Waals surface area contributed by atoms with Gasteiger partial charge in [-0.2, -0.15) is 0 Å². The van der Waals surface area contributed by atoms with Crippen molar-refractivity contribution >= 4 is 11.7 Å². The molecule has 2 fully saturated rings. The molecular weight excluding hydrogens is 240 g/mol. The maximum absolute atomic E-state index is 11.7. The molecule has 0 unspecified atom stereocenters. The molecule has 0 bridgehead atoms. The van der Waals surface area contributed by atoms with Crippen molar-refractivity contribution in [2.24, 2.45) is 11.3 Å². The smallest absolute Gasteiger partial charge is 0.273 e. The molecule has 2 saturated carbocycles. The fourth-order valence-electron chi connectivity index (χ4n) is 2.62. The number of carbonyl (C=O) groups excluding carboxylic acids is 1. The maximum Gasteiger partial charge on any atom is 0.273 e. The van der Waals surface area contributed by atoms with E-state index in [1.165, 1.54) is 30.6 Å². The van der Waals surface area contributed by atoms with Gasteiger partial charge in [0.15, 0.2) is 5.69 Å². The predicted octanol–water partition coefficient (Wildman–Crippen LogP) is 1.78. The summed E-state index contributed by atoms with van der Waals surface area (Å²) < 4.78 is 0. The number of carbonyl (C=O) groups is 1. The van der Waals surface area contributed by atoms with Crippen LogP contribution in [0.15, 0.2) is 12.1 Å². The number of aromatic nitrogens is 2. The minimum atomic E-state index is -0.115. The molecule has 0 saturated heterocycles. The standard InChI is InChI=1S/C14H20N4O/c1-18(2)13(19)11-5-6-12(17-16-11)15-9-14(7-8-14)10-3-4-10/h5-6,10H,3-4,7-9H2,1-2H3,(H,15,17). The Morgan fingerprint density at radius 3 is 2.58 bits per heavy atom. The summed E-state index contributed by atoms with van der Waals surface area (Å²) in [5.74, 6) is 1.58. The minimum Gasteiger partial charge on any atom is -0.368 e. The Hall–Kier alpha value is -1.65. The van der Waals surface area contributed by atoms with E-state index >= 15 is 0 Å². The average Bonchev–Trinajstić information content (AvgIpc) is 3.28. The van der Waals surface area contributed by atoms with Gasteiger partial charge in [-0.1, -0.05) is 0 Å². The number of amides is 1. The van der Waals surface area contributed by atoms with Crippen LogP contribution in [0.25, 0.3) is 0 Å². The first-order valence-corrected chi connectivity index (χ1v) is 6.90. The van der Waals surface area contributed by atoms with Gasteiger partial charge < -0.3 is 10.2 Å². The predicted molar refractivity (Wildman–Crippen MR) is 72.9 cm³/mol. The molecule has 102 valence electrons. The van der Waals surface area contributed by atoms with Crippen LogP contribution < -0.4 is 5.32 Å². The molecule has 1 heterocycles. The van der Waals surface area contributed by atoms with E-state index in [1.807, 2.05) is 6.07 Å². The van der Waals surface area contributed by atoms with Crippen molar-refractivity contribution in [3.63, 3.8) is 0 Å². The van der Waals surface area contributed by atoms with Gasteiger partial charge in [0.2, 0.25) is 0 Å². The van der Waals surface area contributed by atoms with E-state index in [4.69, 9.17) is 0 Å². The Bertz CT molecular complexity index is 475. The van der Waals surface area contributed by atoms with Crippen molar-refractivity contribution in [3.8, 4) is 0 Å². The van der Waals surface area contributed by atoms with Crippen molar-refractivity contribution in [1.29, 1.82) is 0 Å². The van der Waals surface area contributed by atoms with Gasteiger partial charge in [0, 0.05) is 20.6 Å². The molecule has 2 aliphatic carbocycles. The highest BCUT2D eigenvalue weighted by atomic mass is 16.2. The van der Waals surface area contributed by atoms with Gasteiger partial charge in [-0.3, -0.25) is 4.79 Å².